The van der Waals surface area contributed by atoms with Crippen LogP contribution in [0.2, 0.25) is 5.02 Å². The fourth-order valence-electron chi connectivity index (χ4n) is 3.03. The molecule has 2 heterocycles. The average molecular weight is 423 g/mol. The molecule has 0 saturated carbocycles. The molecule has 4 rings (SSSR count). The van der Waals surface area contributed by atoms with E-state index in [1.165, 1.54) is 17.1 Å². The molecular formula is C21H16ClFN6O. The van der Waals surface area contributed by atoms with Crippen molar-refractivity contribution in [3.8, 4) is 16.8 Å². The lowest BCUT2D eigenvalue weighted by atomic mass is 10.0. The standard InChI is InChI=1S/C21H16ClFN6O/c1-13(14-3-2-6-24-11-14)26-21(30)16-7-15(19-5-4-17(22)10-20(19)23)8-18(9-16)29-12-25-27-28-29/h2-13H,1H3,(H,26,30). The van der Waals surface area contributed by atoms with Gasteiger partial charge in [0.2, 0.25) is 0 Å². The first-order chi connectivity index (χ1) is 14.5. The molecule has 150 valence electrons. The molecule has 0 fully saturated rings. The van der Waals surface area contributed by atoms with Crippen LogP contribution in [0.4, 0.5) is 4.39 Å². The zero-order valence-corrected chi connectivity index (χ0v) is 16.6. The highest BCUT2D eigenvalue weighted by Gasteiger charge is 2.16. The number of tetrazole rings is 1. The number of hydrogen-bond acceptors (Lipinski definition) is 5. The van der Waals surface area contributed by atoms with Crippen molar-refractivity contribution in [1.82, 2.24) is 30.5 Å². The first kappa shape index (κ1) is 19.7. The number of pyridine rings is 1. The molecule has 2 aromatic heterocycles. The van der Waals surface area contributed by atoms with Crippen molar-refractivity contribution in [1.29, 1.82) is 0 Å². The molecule has 9 heteroatoms. The summed E-state index contributed by atoms with van der Waals surface area (Å²) in [4.78, 5) is 17.0. The van der Waals surface area contributed by atoms with Gasteiger partial charge < -0.3 is 5.32 Å². The van der Waals surface area contributed by atoms with E-state index < -0.39 is 5.82 Å². The molecule has 1 N–H and O–H groups in total. The van der Waals surface area contributed by atoms with Crippen molar-refractivity contribution >= 4 is 17.5 Å². The molecule has 0 radical (unpaired) electrons. The number of aromatic nitrogens is 5. The number of nitrogens with zero attached hydrogens (tertiary/aromatic N) is 5. The Balaban J connectivity index is 1.73. The van der Waals surface area contributed by atoms with E-state index in [9.17, 15) is 9.18 Å². The van der Waals surface area contributed by atoms with E-state index in [0.29, 0.717) is 22.4 Å². The van der Waals surface area contributed by atoms with Crippen molar-refractivity contribution < 1.29 is 9.18 Å². The number of carbonyl (C=O) groups excluding carboxylic acids is 1. The van der Waals surface area contributed by atoms with Gasteiger partial charge in [0.05, 0.1) is 11.7 Å². The molecule has 30 heavy (non-hydrogen) atoms. The molecule has 0 aliphatic carbocycles. The SMILES string of the molecule is CC(NC(=O)c1cc(-c2ccc(Cl)cc2F)cc(-n2cnnn2)c1)c1cccnc1. The van der Waals surface area contributed by atoms with Crippen molar-refractivity contribution in [2.24, 2.45) is 0 Å². The number of halogens is 2. The van der Waals surface area contributed by atoms with Crippen LogP contribution in [0.3, 0.4) is 0 Å². The Labute approximate surface area is 176 Å². The van der Waals surface area contributed by atoms with Crippen LogP contribution >= 0.6 is 11.6 Å². The van der Waals surface area contributed by atoms with Crippen molar-refractivity contribution in [3.05, 3.63) is 89.2 Å². The van der Waals surface area contributed by atoms with Crippen LogP contribution in [-0.2, 0) is 0 Å². The summed E-state index contributed by atoms with van der Waals surface area (Å²) in [5, 5.41) is 14.3. The van der Waals surface area contributed by atoms with Gasteiger partial charge in [0.25, 0.3) is 5.91 Å². The number of hydrogen-bond donors (Lipinski definition) is 1. The summed E-state index contributed by atoms with van der Waals surface area (Å²) >= 11 is 5.87. The summed E-state index contributed by atoms with van der Waals surface area (Å²) in [7, 11) is 0. The summed E-state index contributed by atoms with van der Waals surface area (Å²) in [6, 6.07) is 12.8. The lowest BCUT2D eigenvalue weighted by molar-refractivity contribution is 0.0940. The quantitative estimate of drug-likeness (QED) is 0.525. The zero-order chi connectivity index (χ0) is 21.1. The maximum atomic E-state index is 14.5. The summed E-state index contributed by atoms with van der Waals surface area (Å²) in [5.41, 5.74) is 2.53. The minimum atomic E-state index is -0.494. The van der Waals surface area contributed by atoms with Gasteiger partial charge in [-0.25, -0.2) is 9.07 Å². The van der Waals surface area contributed by atoms with Gasteiger partial charge in [-0.15, -0.1) is 5.10 Å². The average Bonchev–Trinajstić information content (AvgIpc) is 3.29. The third-order valence-corrected chi connectivity index (χ3v) is 4.80. The van der Waals surface area contributed by atoms with E-state index in [1.807, 2.05) is 13.0 Å². The Morgan fingerprint density at radius 1 is 1.20 bits per heavy atom. The highest BCUT2D eigenvalue weighted by Crippen LogP contribution is 2.28. The van der Waals surface area contributed by atoms with Gasteiger partial charge in [-0.1, -0.05) is 17.7 Å². The number of amides is 1. The first-order valence-corrected chi connectivity index (χ1v) is 9.44. The molecule has 0 bridgehead atoms. The van der Waals surface area contributed by atoms with Crippen LogP contribution in [0.5, 0.6) is 0 Å². The van der Waals surface area contributed by atoms with E-state index >= 15 is 0 Å². The van der Waals surface area contributed by atoms with E-state index in [1.54, 1.807) is 48.8 Å². The summed E-state index contributed by atoms with van der Waals surface area (Å²) in [6.45, 7) is 1.86. The summed E-state index contributed by atoms with van der Waals surface area (Å²) < 4.78 is 15.9. The molecular weight excluding hydrogens is 407 g/mol. The van der Waals surface area contributed by atoms with E-state index in [0.717, 1.165) is 5.56 Å². The topological polar surface area (TPSA) is 85.6 Å². The second-order valence-corrected chi connectivity index (χ2v) is 7.07. The van der Waals surface area contributed by atoms with Gasteiger partial charge in [0.15, 0.2) is 0 Å². The minimum Gasteiger partial charge on any atom is -0.345 e. The Hall–Kier alpha value is -3.65. The monoisotopic (exact) mass is 422 g/mol. The van der Waals surface area contributed by atoms with Gasteiger partial charge in [0.1, 0.15) is 12.1 Å². The van der Waals surface area contributed by atoms with Gasteiger partial charge in [-0.2, -0.15) is 0 Å². The zero-order valence-electron chi connectivity index (χ0n) is 15.8. The molecule has 2 aromatic carbocycles. The van der Waals surface area contributed by atoms with Crippen LogP contribution in [0, 0.1) is 5.82 Å². The molecule has 4 aromatic rings. The molecule has 1 unspecified atom stereocenters. The largest absolute Gasteiger partial charge is 0.345 e. The second kappa shape index (κ2) is 8.38. The highest BCUT2D eigenvalue weighted by atomic mass is 35.5. The fraction of sp³-hybridized carbons (Fsp3) is 0.0952. The third kappa shape index (κ3) is 4.18. The van der Waals surface area contributed by atoms with Crippen LogP contribution in [-0.4, -0.2) is 31.1 Å². The van der Waals surface area contributed by atoms with E-state index in [-0.39, 0.29) is 17.0 Å². The first-order valence-electron chi connectivity index (χ1n) is 9.06. The number of rotatable bonds is 5. The molecule has 7 nitrogen and oxygen atoms in total. The molecule has 0 saturated heterocycles. The Bertz CT molecular complexity index is 1180. The summed E-state index contributed by atoms with van der Waals surface area (Å²) in [5.74, 6) is -0.816. The molecule has 0 aliphatic heterocycles. The number of benzene rings is 2. The van der Waals surface area contributed by atoms with E-state index in [2.05, 4.69) is 25.8 Å². The van der Waals surface area contributed by atoms with Crippen molar-refractivity contribution in [3.63, 3.8) is 0 Å². The summed E-state index contributed by atoms with van der Waals surface area (Å²) in [6.07, 6.45) is 4.76. The lowest BCUT2D eigenvalue weighted by Crippen LogP contribution is -2.26. The van der Waals surface area contributed by atoms with Gasteiger partial charge >= 0.3 is 0 Å². The van der Waals surface area contributed by atoms with Crippen LogP contribution in [0.15, 0.2) is 67.3 Å². The van der Waals surface area contributed by atoms with Gasteiger partial charge in [-0.05, 0) is 70.9 Å². The van der Waals surface area contributed by atoms with Gasteiger partial charge in [-0.3, -0.25) is 9.78 Å². The highest BCUT2D eigenvalue weighted by molar-refractivity contribution is 6.30. The normalized spacial score (nSPS) is 11.8. The molecule has 0 aliphatic rings. The fourth-order valence-corrected chi connectivity index (χ4v) is 3.19. The predicted molar refractivity (Wildman–Crippen MR) is 110 cm³/mol. The number of nitrogens with one attached hydrogen (secondary N) is 1. The maximum absolute atomic E-state index is 14.5. The van der Waals surface area contributed by atoms with Crippen molar-refractivity contribution in [2.45, 2.75) is 13.0 Å². The second-order valence-electron chi connectivity index (χ2n) is 6.63. The van der Waals surface area contributed by atoms with E-state index in [4.69, 9.17) is 11.6 Å². The Kier molecular flexibility index (Phi) is 5.49. The van der Waals surface area contributed by atoms with Crippen LogP contribution < -0.4 is 5.32 Å². The molecule has 0 spiro atoms. The van der Waals surface area contributed by atoms with Gasteiger partial charge in [0, 0.05) is 28.5 Å². The third-order valence-electron chi connectivity index (χ3n) is 4.57. The maximum Gasteiger partial charge on any atom is 0.251 e. The number of carbonyl (C=O) groups is 1. The predicted octanol–water partition coefficient (Wildman–Crippen LogP) is 4.01. The Morgan fingerprint density at radius 2 is 2.07 bits per heavy atom. The van der Waals surface area contributed by atoms with Crippen LogP contribution in [0.25, 0.3) is 16.8 Å². The molecule has 1 atom stereocenters. The van der Waals surface area contributed by atoms with Crippen molar-refractivity contribution in [2.75, 3.05) is 0 Å². The van der Waals surface area contributed by atoms with Crippen LogP contribution in [0.1, 0.15) is 28.9 Å². The molecule has 1 amide bonds. The minimum absolute atomic E-state index is 0.265. The Morgan fingerprint density at radius 3 is 2.77 bits per heavy atom. The lowest BCUT2D eigenvalue weighted by Gasteiger charge is -2.15. The smallest absolute Gasteiger partial charge is 0.251 e.